The highest BCUT2D eigenvalue weighted by Crippen LogP contribution is 2.42. The maximum Gasteiger partial charge on any atom is 0.228 e. The van der Waals surface area contributed by atoms with Gasteiger partial charge in [0.2, 0.25) is 11.9 Å². The van der Waals surface area contributed by atoms with Crippen molar-refractivity contribution in [2.45, 2.75) is 31.6 Å². The minimum Gasteiger partial charge on any atom is -0.381 e. The van der Waals surface area contributed by atoms with Gasteiger partial charge in [-0.2, -0.15) is 0 Å². The topological polar surface area (TPSA) is 70.6 Å². The summed E-state index contributed by atoms with van der Waals surface area (Å²) in [5.41, 5.74) is 2.43. The molecule has 0 aromatic carbocycles. The Morgan fingerprint density at radius 2 is 2.19 bits per heavy atom. The monoisotopic (exact) mass is 371 g/mol. The Bertz CT molecular complexity index is 700. The molecule has 3 atom stereocenters. The summed E-state index contributed by atoms with van der Waals surface area (Å²) in [6.45, 7) is 7.34. The minimum absolute atomic E-state index is 0.0662. The van der Waals surface area contributed by atoms with Crippen LogP contribution in [0.2, 0.25) is 0 Å². The second kappa shape index (κ2) is 7.36. The first-order chi connectivity index (χ1) is 13.3. The van der Waals surface area contributed by atoms with Crippen LogP contribution in [0.3, 0.4) is 0 Å². The van der Waals surface area contributed by atoms with Crippen molar-refractivity contribution < 1.29 is 9.53 Å². The standard InChI is InChI=1S/C20H29N5O2/c26-19(14-3-8-27-13-14)25-11-16-9-15-10-22-20(23-18(15)17(16)12-25)21-4-7-24-5-1-2-6-24/h10,14,16-17H,1-9,11-13H2,(H,21,22,23). The van der Waals surface area contributed by atoms with Gasteiger partial charge in [-0.1, -0.05) is 0 Å². The van der Waals surface area contributed by atoms with Gasteiger partial charge in [-0.15, -0.1) is 0 Å². The van der Waals surface area contributed by atoms with Crippen LogP contribution in [0.5, 0.6) is 0 Å². The van der Waals surface area contributed by atoms with Gasteiger partial charge in [0.05, 0.1) is 18.2 Å². The molecule has 4 heterocycles. The number of carbonyl (C=O) groups excluding carboxylic acids is 1. The van der Waals surface area contributed by atoms with E-state index in [1.165, 1.54) is 31.5 Å². The second-order valence-corrected chi connectivity index (χ2v) is 8.45. The summed E-state index contributed by atoms with van der Waals surface area (Å²) in [4.78, 5) is 26.6. The average Bonchev–Trinajstić information content (AvgIpc) is 3.45. The maximum atomic E-state index is 12.7. The third kappa shape index (κ3) is 3.43. The molecule has 146 valence electrons. The van der Waals surface area contributed by atoms with Crippen molar-refractivity contribution in [3.8, 4) is 0 Å². The molecule has 5 rings (SSSR count). The molecular formula is C20H29N5O2. The van der Waals surface area contributed by atoms with Crippen LogP contribution in [0.25, 0.3) is 0 Å². The number of anilines is 1. The van der Waals surface area contributed by atoms with Crippen LogP contribution >= 0.6 is 0 Å². The van der Waals surface area contributed by atoms with Crippen LogP contribution in [0.1, 0.15) is 36.4 Å². The first-order valence-corrected chi connectivity index (χ1v) is 10.5. The highest BCUT2D eigenvalue weighted by Gasteiger charge is 2.44. The molecule has 3 saturated heterocycles. The largest absolute Gasteiger partial charge is 0.381 e. The number of fused-ring (bicyclic) bond motifs is 3. The lowest BCUT2D eigenvalue weighted by atomic mass is 9.99. The van der Waals surface area contributed by atoms with E-state index in [4.69, 9.17) is 9.72 Å². The van der Waals surface area contributed by atoms with E-state index in [1.54, 1.807) is 0 Å². The van der Waals surface area contributed by atoms with E-state index in [-0.39, 0.29) is 11.8 Å². The SMILES string of the molecule is O=C(C1CCOC1)N1CC2Cc3cnc(NCCN4CCCC4)nc3C2C1. The molecule has 1 aromatic rings. The predicted octanol–water partition coefficient (Wildman–Crippen LogP) is 1.12. The summed E-state index contributed by atoms with van der Waals surface area (Å²) in [6, 6.07) is 0. The molecule has 3 unspecified atom stereocenters. The first-order valence-electron chi connectivity index (χ1n) is 10.5. The van der Waals surface area contributed by atoms with Crippen molar-refractivity contribution in [2.75, 3.05) is 57.8 Å². The Hall–Kier alpha value is -1.73. The van der Waals surface area contributed by atoms with Gasteiger partial charge in [0.25, 0.3) is 0 Å². The normalized spacial score (nSPS) is 29.9. The molecule has 7 heteroatoms. The van der Waals surface area contributed by atoms with Gasteiger partial charge in [0.15, 0.2) is 0 Å². The first kappa shape index (κ1) is 17.4. The number of amides is 1. The van der Waals surface area contributed by atoms with E-state index in [9.17, 15) is 4.79 Å². The van der Waals surface area contributed by atoms with E-state index < -0.39 is 0 Å². The van der Waals surface area contributed by atoms with Crippen LogP contribution in [-0.2, 0) is 16.0 Å². The van der Waals surface area contributed by atoms with Crippen molar-refractivity contribution in [2.24, 2.45) is 11.8 Å². The summed E-state index contributed by atoms with van der Waals surface area (Å²) in [7, 11) is 0. The van der Waals surface area contributed by atoms with Gasteiger partial charge in [0, 0.05) is 44.9 Å². The van der Waals surface area contributed by atoms with Gasteiger partial charge in [-0.3, -0.25) is 4.79 Å². The molecule has 7 nitrogen and oxygen atoms in total. The third-order valence-corrected chi connectivity index (χ3v) is 6.67. The van der Waals surface area contributed by atoms with Crippen molar-refractivity contribution in [3.63, 3.8) is 0 Å². The summed E-state index contributed by atoms with van der Waals surface area (Å²) in [5, 5.41) is 3.40. The smallest absolute Gasteiger partial charge is 0.228 e. The minimum atomic E-state index is 0.0662. The molecular weight excluding hydrogens is 342 g/mol. The Morgan fingerprint density at radius 3 is 3.00 bits per heavy atom. The third-order valence-electron chi connectivity index (χ3n) is 6.67. The number of hydrogen-bond acceptors (Lipinski definition) is 6. The number of nitrogens with one attached hydrogen (secondary N) is 1. The molecule has 3 fully saturated rings. The zero-order valence-electron chi connectivity index (χ0n) is 15.9. The van der Waals surface area contributed by atoms with E-state index in [2.05, 4.69) is 20.1 Å². The molecule has 27 heavy (non-hydrogen) atoms. The number of nitrogens with zero attached hydrogens (tertiary/aromatic N) is 4. The fourth-order valence-corrected chi connectivity index (χ4v) is 5.15. The lowest BCUT2D eigenvalue weighted by Crippen LogP contribution is -2.35. The Morgan fingerprint density at radius 1 is 1.30 bits per heavy atom. The van der Waals surface area contributed by atoms with Gasteiger partial charge >= 0.3 is 0 Å². The highest BCUT2D eigenvalue weighted by atomic mass is 16.5. The summed E-state index contributed by atoms with van der Waals surface area (Å²) >= 11 is 0. The molecule has 1 N–H and O–H groups in total. The van der Waals surface area contributed by atoms with E-state index in [0.717, 1.165) is 57.3 Å². The van der Waals surface area contributed by atoms with Crippen molar-refractivity contribution in [3.05, 3.63) is 17.5 Å². The Balaban J connectivity index is 1.21. The molecule has 1 aromatic heterocycles. The molecule has 0 saturated carbocycles. The summed E-state index contributed by atoms with van der Waals surface area (Å²) in [5.74, 6) is 1.95. The van der Waals surface area contributed by atoms with Crippen LogP contribution < -0.4 is 5.32 Å². The van der Waals surface area contributed by atoms with Crippen molar-refractivity contribution in [1.82, 2.24) is 19.8 Å². The quantitative estimate of drug-likeness (QED) is 0.836. The number of aromatic nitrogens is 2. The zero-order valence-corrected chi connectivity index (χ0v) is 15.9. The number of likely N-dealkylation sites (tertiary alicyclic amines) is 2. The highest BCUT2D eigenvalue weighted by molar-refractivity contribution is 5.79. The van der Waals surface area contributed by atoms with Gasteiger partial charge in [-0.25, -0.2) is 9.97 Å². The zero-order chi connectivity index (χ0) is 18.2. The van der Waals surface area contributed by atoms with Crippen LogP contribution in [-0.4, -0.2) is 78.2 Å². The lowest BCUT2D eigenvalue weighted by Gasteiger charge is -2.20. The van der Waals surface area contributed by atoms with Gasteiger partial charge in [-0.05, 0) is 50.3 Å². The van der Waals surface area contributed by atoms with Crippen LogP contribution in [0.15, 0.2) is 6.20 Å². The molecule has 4 aliphatic rings. The van der Waals surface area contributed by atoms with E-state index in [0.29, 0.717) is 18.4 Å². The number of rotatable bonds is 5. The van der Waals surface area contributed by atoms with Crippen molar-refractivity contribution >= 4 is 11.9 Å². The number of ether oxygens (including phenoxy) is 1. The molecule has 1 amide bonds. The Kier molecular flexibility index (Phi) is 4.73. The Labute approximate surface area is 160 Å². The maximum absolute atomic E-state index is 12.7. The van der Waals surface area contributed by atoms with E-state index in [1.807, 2.05) is 6.20 Å². The molecule has 0 spiro atoms. The lowest BCUT2D eigenvalue weighted by molar-refractivity contribution is -0.134. The fourth-order valence-electron chi connectivity index (χ4n) is 5.15. The van der Waals surface area contributed by atoms with Crippen LogP contribution in [0.4, 0.5) is 5.95 Å². The molecule has 0 radical (unpaired) electrons. The van der Waals surface area contributed by atoms with Gasteiger partial charge in [0.1, 0.15) is 0 Å². The summed E-state index contributed by atoms with van der Waals surface area (Å²) < 4.78 is 5.40. The second-order valence-electron chi connectivity index (χ2n) is 8.45. The molecule has 3 aliphatic heterocycles. The predicted molar refractivity (Wildman–Crippen MR) is 102 cm³/mol. The molecule has 1 aliphatic carbocycles. The number of carbonyl (C=O) groups is 1. The van der Waals surface area contributed by atoms with E-state index >= 15 is 0 Å². The summed E-state index contributed by atoms with van der Waals surface area (Å²) in [6.07, 6.45) is 6.50. The van der Waals surface area contributed by atoms with Gasteiger partial charge < -0.3 is 19.9 Å². The molecule has 0 bridgehead atoms. The number of hydrogen-bond donors (Lipinski definition) is 1. The van der Waals surface area contributed by atoms with Crippen molar-refractivity contribution in [1.29, 1.82) is 0 Å². The average molecular weight is 371 g/mol. The fraction of sp³-hybridized carbons (Fsp3) is 0.750. The van der Waals surface area contributed by atoms with Crippen LogP contribution in [0, 0.1) is 11.8 Å².